The molecular formula is C20H38BrN3O4. The summed E-state index contributed by atoms with van der Waals surface area (Å²) in [6, 6.07) is 0. The number of carbonyl (C=O) groups is 2. The Morgan fingerprint density at radius 2 is 1.04 bits per heavy atom. The van der Waals surface area contributed by atoms with Crippen molar-refractivity contribution < 1.29 is 19.8 Å². The van der Waals surface area contributed by atoms with Crippen LogP contribution in [0.3, 0.4) is 0 Å². The van der Waals surface area contributed by atoms with Gasteiger partial charge in [-0.05, 0) is 31.2 Å². The van der Waals surface area contributed by atoms with Crippen molar-refractivity contribution in [1.82, 2.24) is 0 Å². The molecule has 164 valence electrons. The zero-order valence-electron chi connectivity index (χ0n) is 17.2. The van der Waals surface area contributed by atoms with E-state index in [9.17, 15) is 9.59 Å². The minimum atomic E-state index is -0.704. The second-order valence-electron chi connectivity index (χ2n) is 6.88. The van der Waals surface area contributed by atoms with Crippen LogP contribution < -0.4 is 0 Å². The molecule has 0 unspecified atom stereocenters. The third-order valence-corrected chi connectivity index (χ3v) is 4.80. The molecule has 0 radical (unpaired) electrons. The summed E-state index contributed by atoms with van der Waals surface area (Å²) in [5.41, 5.74) is 8.02. The van der Waals surface area contributed by atoms with E-state index in [0.29, 0.717) is 13.0 Å². The van der Waals surface area contributed by atoms with Gasteiger partial charge in [0.1, 0.15) is 0 Å². The van der Waals surface area contributed by atoms with Crippen LogP contribution in [-0.4, -0.2) is 34.0 Å². The number of carboxylic acids is 2. The van der Waals surface area contributed by atoms with E-state index >= 15 is 0 Å². The van der Waals surface area contributed by atoms with Crippen molar-refractivity contribution in [2.45, 2.75) is 103 Å². The number of unbranched alkanes of at least 4 members (excludes halogenated alkanes) is 12. The Labute approximate surface area is 178 Å². The van der Waals surface area contributed by atoms with Gasteiger partial charge in [-0.15, -0.1) is 0 Å². The number of aliphatic carboxylic acids is 2. The molecule has 0 heterocycles. The third-order valence-electron chi connectivity index (χ3n) is 4.24. The molecule has 0 bridgehead atoms. The zero-order chi connectivity index (χ0) is 21.3. The van der Waals surface area contributed by atoms with E-state index in [1.54, 1.807) is 0 Å². The van der Waals surface area contributed by atoms with Crippen LogP contribution in [-0.2, 0) is 9.59 Å². The van der Waals surface area contributed by atoms with Gasteiger partial charge in [-0.2, -0.15) is 0 Å². The van der Waals surface area contributed by atoms with Crippen molar-refractivity contribution in [3.05, 3.63) is 10.4 Å². The van der Waals surface area contributed by atoms with Gasteiger partial charge in [0.05, 0.1) is 0 Å². The van der Waals surface area contributed by atoms with Gasteiger partial charge >= 0.3 is 11.9 Å². The van der Waals surface area contributed by atoms with E-state index < -0.39 is 11.9 Å². The Bertz CT molecular complexity index is 408. The summed E-state index contributed by atoms with van der Waals surface area (Å²) in [5, 5.41) is 21.3. The fourth-order valence-corrected chi connectivity index (χ4v) is 3.04. The second kappa shape index (κ2) is 25.7. The van der Waals surface area contributed by atoms with Gasteiger partial charge in [-0.25, -0.2) is 0 Å². The van der Waals surface area contributed by atoms with Crippen LogP contribution in [0.15, 0.2) is 5.11 Å². The van der Waals surface area contributed by atoms with E-state index in [1.807, 2.05) is 0 Å². The van der Waals surface area contributed by atoms with Gasteiger partial charge in [-0.1, -0.05) is 85.3 Å². The maximum atomic E-state index is 10.2. The highest BCUT2D eigenvalue weighted by atomic mass is 79.9. The van der Waals surface area contributed by atoms with Crippen LogP contribution in [0.2, 0.25) is 0 Å². The molecule has 0 fully saturated rings. The number of rotatable bonds is 19. The van der Waals surface area contributed by atoms with Crippen LogP contribution in [0.1, 0.15) is 103 Å². The number of hydrogen-bond acceptors (Lipinski definition) is 3. The molecule has 0 aliphatic carbocycles. The Hall–Kier alpha value is -1.27. The van der Waals surface area contributed by atoms with Crippen molar-refractivity contribution >= 4 is 27.9 Å². The highest BCUT2D eigenvalue weighted by molar-refractivity contribution is 9.09. The Morgan fingerprint density at radius 3 is 1.39 bits per heavy atom. The van der Waals surface area contributed by atoms with E-state index in [4.69, 9.17) is 15.7 Å². The average molecular weight is 464 g/mol. The molecule has 2 N–H and O–H groups in total. The predicted octanol–water partition coefficient (Wildman–Crippen LogP) is 7.09. The summed E-state index contributed by atoms with van der Waals surface area (Å²) >= 11 is 3.39. The first-order valence-electron chi connectivity index (χ1n) is 10.5. The summed E-state index contributed by atoms with van der Waals surface area (Å²) < 4.78 is 0. The standard InChI is InChI=1S/C10H19BrO2.C10H19N3O2/c11-9-7-5-3-1-2-4-6-8-10(12)13;11-13-12-9-7-5-3-1-2-4-6-8-10(14)15/h1-9H2,(H,12,13);1-9H2,(H,14,15). The van der Waals surface area contributed by atoms with Crippen molar-refractivity contribution in [1.29, 1.82) is 0 Å². The van der Waals surface area contributed by atoms with Crippen molar-refractivity contribution in [2.24, 2.45) is 5.11 Å². The monoisotopic (exact) mass is 463 g/mol. The number of hydrogen-bond donors (Lipinski definition) is 2. The number of carboxylic acid groups (broad SMARTS) is 2. The van der Waals surface area contributed by atoms with Gasteiger partial charge in [-0.3, -0.25) is 9.59 Å². The zero-order valence-corrected chi connectivity index (χ0v) is 18.7. The normalized spacial score (nSPS) is 9.89. The quantitative estimate of drug-likeness (QED) is 0.0696. The summed E-state index contributed by atoms with van der Waals surface area (Å²) in [5.74, 6) is -1.37. The second-order valence-corrected chi connectivity index (χ2v) is 7.67. The predicted molar refractivity (Wildman–Crippen MR) is 117 cm³/mol. The summed E-state index contributed by atoms with van der Waals surface area (Å²) in [4.78, 5) is 23.0. The molecule has 0 atom stereocenters. The van der Waals surface area contributed by atoms with Crippen LogP contribution >= 0.6 is 15.9 Å². The summed E-state index contributed by atoms with van der Waals surface area (Å²) in [6.45, 7) is 0.593. The van der Waals surface area contributed by atoms with E-state index in [1.165, 1.54) is 32.1 Å². The lowest BCUT2D eigenvalue weighted by Gasteiger charge is -1.99. The molecule has 0 aromatic rings. The first-order chi connectivity index (χ1) is 13.5. The molecule has 8 heteroatoms. The van der Waals surface area contributed by atoms with Gasteiger partial charge < -0.3 is 10.2 Å². The maximum Gasteiger partial charge on any atom is 0.303 e. The maximum absolute atomic E-state index is 10.2. The third kappa shape index (κ3) is 32.4. The minimum absolute atomic E-state index is 0.289. The molecule has 7 nitrogen and oxygen atoms in total. The number of alkyl halides is 1. The largest absolute Gasteiger partial charge is 0.481 e. The lowest BCUT2D eigenvalue weighted by atomic mass is 10.1. The van der Waals surface area contributed by atoms with E-state index in [-0.39, 0.29) is 6.42 Å². The number of nitrogens with zero attached hydrogens (tertiary/aromatic N) is 3. The first kappa shape index (κ1) is 28.9. The summed E-state index contributed by atoms with van der Waals surface area (Å²) in [7, 11) is 0. The average Bonchev–Trinajstić information content (AvgIpc) is 2.65. The molecule has 0 aliphatic heterocycles. The number of azide groups is 1. The fourth-order valence-electron chi connectivity index (χ4n) is 2.64. The van der Waals surface area contributed by atoms with E-state index in [0.717, 1.165) is 63.1 Å². The van der Waals surface area contributed by atoms with Gasteiger partial charge in [0.15, 0.2) is 0 Å². The van der Waals surface area contributed by atoms with Crippen molar-refractivity contribution in [2.75, 3.05) is 11.9 Å². The Morgan fingerprint density at radius 1 is 0.679 bits per heavy atom. The summed E-state index contributed by atoms with van der Waals surface area (Å²) in [6.07, 6.45) is 16.1. The number of halogens is 1. The van der Waals surface area contributed by atoms with Crippen LogP contribution in [0.5, 0.6) is 0 Å². The van der Waals surface area contributed by atoms with E-state index in [2.05, 4.69) is 26.0 Å². The minimum Gasteiger partial charge on any atom is -0.481 e. The molecule has 0 spiro atoms. The molecule has 0 aromatic carbocycles. The van der Waals surface area contributed by atoms with Crippen LogP contribution in [0.25, 0.3) is 10.4 Å². The van der Waals surface area contributed by atoms with Gasteiger partial charge in [0.2, 0.25) is 0 Å². The van der Waals surface area contributed by atoms with Gasteiger partial charge in [0.25, 0.3) is 0 Å². The Kier molecular flexibility index (Phi) is 26.6. The highest BCUT2D eigenvalue weighted by Crippen LogP contribution is 2.09. The smallest absolute Gasteiger partial charge is 0.303 e. The molecule has 0 saturated heterocycles. The van der Waals surface area contributed by atoms with Crippen molar-refractivity contribution in [3.63, 3.8) is 0 Å². The van der Waals surface area contributed by atoms with Gasteiger partial charge in [0, 0.05) is 29.6 Å². The first-order valence-corrected chi connectivity index (χ1v) is 11.7. The molecule has 28 heavy (non-hydrogen) atoms. The lowest BCUT2D eigenvalue weighted by Crippen LogP contribution is -1.93. The molecule has 0 aromatic heterocycles. The van der Waals surface area contributed by atoms with Crippen molar-refractivity contribution in [3.8, 4) is 0 Å². The molecule has 0 amide bonds. The molecule has 0 rings (SSSR count). The van der Waals surface area contributed by atoms with Crippen LogP contribution in [0, 0.1) is 0 Å². The SMILES string of the molecule is O=C(O)CCCCCCCCCBr.[N-]=[N+]=NCCCCCCCCCC(=O)O. The highest BCUT2D eigenvalue weighted by Gasteiger charge is 1.97. The lowest BCUT2D eigenvalue weighted by molar-refractivity contribution is -0.138. The topological polar surface area (TPSA) is 123 Å². The Balaban J connectivity index is 0. The van der Waals surface area contributed by atoms with Crippen LogP contribution in [0.4, 0.5) is 0 Å². The molecule has 0 aliphatic rings. The molecule has 0 saturated carbocycles. The fraction of sp³-hybridized carbons (Fsp3) is 0.900. The molecular weight excluding hydrogens is 426 g/mol.